The summed E-state index contributed by atoms with van der Waals surface area (Å²) in [5.41, 5.74) is 2.13. The largest absolute Gasteiger partial charge is 0.497 e. The first-order valence-corrected chi connectivity index (χ1v) is 11.8. The topological polar surface area (TPSA) is 88.4 Å². The normalized spacial score (nSPS) is 19.0. The van der Waals surface area contributed by atoms with Crippen molar-refractivity contribution in [1.82, 2.24) is 20.1 Å². The first-order chi connectivity index (χ1) is 17.0. The molecule has 1 aliphatic heterocycles. The Morgan fingerprint density at radius 2 is 2.14 bits per heavy atom. The lowest BCUT2D eigenvalue weighted by atomic mass is 9.79. The average Bonchev–Trinajstić information content (AvgIpc) is 2.87. The van der Waals surface area contributed by atoms with Crippen molar-refractivity contribution < 1.29 is 19.0 Å². The number of nitrogens with zero attached hydrogens (tertiary/aromatic N) is 4. The quantitative estimate of drug-likeness (QED) is 0.485. The second-order valence-electron chi connectivity index (χ2n) is 8.90. The van der Waals surface area contributed by atoms with E-state index in [2.05, 4.69) is 31.9 Å². The monoisotopic (exact) mass is 476 g/mol. The summed E-state index contributed by atoms with van der Waals surface area (Å²) in [6, 6.07) is 8.99. The molecule has 0 amide bonds. The highest BCUT2D eigenvalue weighted by molar-refractivity contribution is 5.83. The number of fused-ring (bicyclic) bond motifs is 1. The molecule has 1 N–H and O–H groups in total. The Balaban J connectivity index is 1.39. The summed E-state index contributed by atoms with van der Waals surface area (Å²) in [6.45, 7) is 2.02. The molecule has 1 saturated heterocycles. The maximum atomic E-state index is 15.4. The molecule has 0 aliphatic carbocycles. The van der Waals surface area contributed by atoms with Crippen LogP contribution in [0.15, 0.2) is 48.9 Å². The predicted octanol–water partition coefficient (Wildman–Crippen LogP) is 4.29. The number of aliphatic carboxylic acids is 1. The van der Waals surface area contributed by atoms with E-state index >= 15 is 4.39 Å². The number of piperidine rings is 1. The lowest BCUT2D eigenvalue weighted by Gasteiger charge is -2.37. The van der Waals surface area contributed by atoms with E-state index in [0.29, 0.717) is 37.2 Å². The first kappa shape index (κ1) is 24.6. The van der Waals surface area contributed by atoms with Crippen molar-refractivity contribution in [3.8, 4) is 17.6 Å². The Hall–Kier alpha value is -3.57. The number of carbonyl (C=O) groups is 1. The molecule has 2 aromatic heterocycles. The number of pyridine rings is 1. The van der Waals surface area contributed by atoms with Crippen LogP contribution in [0, 0.1) is 23.7 Å². The van der Waals surface area contributed by atoms with Crippen LogP contribution in [-0.2, 0) is 4.79 Å². The molecule has 1 unspecified atom stereocenters. The van der Waals surface area contributed by atoms with Crippen LogP contribution < -0.4 is 4.74 Å². The molecule has 3 aromatic rings. The molecule has 35 heavy (non-hydrogen) atoms. The number of benzene rings is 1. The molecule has 1 fully saturated rings. The summed E-state index contributed by atoms with van der Waals surface area (Å²) in [5.74, 6) is 6.17. The van der Waals surface area contributed by atoms with Gasteiger partial charge in [-0.3, -0.25) is 14.7 Å². The van der Waals surface area contributed by atoms with Crippen LogP contribution in [0.5, 0.6) is 5.75 Å². The highest BCUT2D eigenvalue weighted by Gasteiger charge is 2.31. The van der Waals surface area contributed by atoms with Crippen LogP contribution in [0.2, 0.25) is 0 Å². The molecular formula is C27H29FN4O3. The molecule has 4 rings (SSSR count). The Bertz CT molecular complexity index is 1210. The second kappa shape index (κ2) is 11.7. The molecular weight excluding hydrogens is 447 g/mol. The van der Waals surface area contributed by atoms with E-state index in [4.69, 9.17) is 4.74 Å². The maximum Gasteiger partial charge on any atom is 0.303 e. The number of rotatable bonds is 8. The van der Waals surface area contributed by atoms with Crippen molar-refractivity contribution in [2.75, 3.05) is 26.7 Å². The van der Waals surface area contributed by atoms with E-state index in [0.717, 1.165) is 29.4 Å². The van der Waals surface area contributed by atoms with Gasteiger partial charge in [0.25, 0.3) is 0 Å². The van der Waals surface area contributed by atoms with Gasteiger partial charge in [-0.15, -0.1) is 0 Å². The van der Waals surface area contributed by atoms with E-state index in [-0.39, 0.29) is 18.3 Å². The number of aromatic nitrogens is 3. The number of carboxylic acids is 1. The van der Waals surface area contributed by atoms with Crippen molar-refractivity contribution in [2.45, 2.75) is 31.9 Å². The van der Waals surface area contributed by atoms with E-state index in [1.54, 1.807) is 37.8 Å². The number of carboxylic acid groups (broad SMARTS) is 1. The highest BCUT2D eigenvalue weighted by atomic mass is 19.1. The van der Waals surface area contributed by atoms with Crippen LogP contribution in [0.3, 0.4) is 0 Å². The number of alkyl halides is 1. The lowest BCUT2D eigenvalue weighted by molar-refractivity contribution is -0.139. The van der Waals surface area contributed by atoms with Gasteiger partial charge >= 0.3 is 5.97 Å². The summed E-state index contributed by atoms with van der Waals surface area (Å²) in [7, 11) is 1.58. The van der Waals surface area contributed by atoms with Crippen LogP contribution >= 0.6 is 0 Å². The summed E-state index contributed by atoms with van der Waals surface area (Å²) in [4.78, 5) is 18.1. The smallest absolute Gasteiger partial charge is 0.303 e. The van der Waals surface area contributed by atoms with Crippen LogP contribution in [0.1, 0.15) is 43.0 Å². The molecule has 3 atom stereocenters. The number of ether oxygens (including phenoxy) is 1. The van der Waals surface area contributed by atoms with Gasteiger partial charge in [0.15, 0.2) is 0 Å². The van der Waals surface area contributed by atoms with Gasteiger partial charge in [0, 0.05) is 30.1 Å². The minimum Gasteiger partial charge on any atom is -0.497 e. The van der Waals surface area contributed by atoms with Crippen molar-refractivity contribution in [1.29, 1.82) is 0 Å². The Kier molecular flexibility index (Phi) is 8.22. The SMILES string of the molecule is COc1ccc2nccc(C(F)CC[C@@H]3CCN(CC#Cc4ccnnc4)C[C@@H]3CC(=O)O)c2c1. The lowest BCUT2D eigenvalue weighted by Crippen LogP contribution is -2.41. The summed E-state index contributed by atoms with van der Waals surface area (Å²) < 4.78 is 20.7. The van der Waals surface area contributed by atoms with Gasteiger partial charge in [-0.05, 0) is 73.5 Å². The fraction of sp³-hybridized carbons (Fsp3) is 0.407. The van der Waals surface area contributed by atoms with Crippen LogP contribution in [-0.4, -0.2) is 57.9 Å². The molecule has 0 bridgehead atoms. The van der Waals surface area contributed by atoms with Crippen molar-refractivity contribution >= 4 is 16.9 Å². The standard InChI is InChI=1S/C27H29FN4O3/c1-35-22-5-7-26-24(16-22)23(9-11-29-26)25(28)6-4-20-10-14-32(18-21(20)15-27(33)34)13-2-3-19-8-12-30-31-17-19/h5,7-9,11-12,16-17,20-21,25H,4,6,10,13-15,18H2,1H3,(H,33,34)/t20-,21+,25?/m1/s1. The van der Waals surface area contributed by atoms with E-state index in [9.17, 15) is 9.90 Å². The molecule has 1 aliphatic rings. The van der Waals surface area contributed by atoms with Crippen molar-refractivity contribution in [3.63, 3.8) is 0 Å². The predicted molar refractivity (Wildman–Crippen MR) is 131 cm³/mol. The summed E-state index contributed by atoms with van der Waals surface area (Å²) in [5, 5.41) is 17.8. The fourth-order valence-electron chi connectivity index (χ4n) is 4.82. The average molecular weight is 477 g/mol. The minimum atomic E-state index is -1.16. The van der Waals surface area contributed by atoms with Gasteiger partial charge in [-0.1, -0.05) is 11.8 Å². The van der Waals surface area contributed by atoms with E-state index in [1.807, 2.05) is 18.2 Å². The minimum absolute atomic E-state index is 0.0351. The molecule has 1 aromatic carbocycles. The summed E-state index contributed by atoms with van der Waals surface area (Å²) in [6.07, 6.45) is 5.57. The van der Waals surface area contributed by atoms with Gasteiger partial charge in [0.1, 0.15) is 11.9 Å². The van der Waals surface area contributed by atoms with Crippen molar-refractivity contribution in [3.05, 3.63) is 60.0 Å². The number of halogens is 1. The molecule has 0 radical (unpaired) electrons. The number of hydrogen-bond donors (Lipinski definition) is 1. The van der Waals surface area contributed by atoms with Gasteiger partial charge < -0.3 is 9.84 Å². The third kappa shape index (κ3) is 6.52. The zero-order valence-electron chi connectivity index (χ0n) is 19.7. The van der Waals surface area contributed by atoms with Crippen LogP contribution in [0.4, 0.5) is 4.39 Å². The number of hydrogen-bond acceptors (Lipinski definition) is 6. The van der Waals surface area contributed by atoms with Gasteiger partial charge in [0.2, 0.25) is 0 Å². The molecule has 0 spiro atoms. The number of methoxy groups -OCH3 is 1. The molecule has 182 valence electrons. The first-order valence-electron chi connectivity index (χ1n) is 11.8. The number of likely N-dealkylation sites (tertiary alicyclic amines) is 1. The second-order valence-corrected chi connectivity index (χ2v) is 8.90. The summed E-state index contributed by atoms with van der Waals surface area (Å²) >= 11 is 0. The fourth-order valence-corrected chi connectivity index (χ4v) is 4.82. The molecule has 7 nitrogen and oxygen atoms in total. The maximum absolute atomic E-state index is 15.4. The van der Waals surface area contributed by atoms with Gasteiger partial charge in [0.05, 0.1) is 31.6 Å². The van der Waals surface area contributed by atoms with E-state index < -0.39 is 12.1 Å². The van der Waals surface area contributed by atoms with Gasteiger partial charge in [-0.2, -0.15) is 10.2 Å². The highest BCUT2D eigenvalue weighted by Crippen LogP contribution is 2.36. The molecule has 0 saturated carbocycles. The third-order valence-corrected chi connectivity index (χ3v) is 6.64. The zero-order valence-corrected chi connectivity index (χ0v) is 19.7. The van der Waals surface area contributed by atoms with E-state index in [1.165, 1.54) is 0 Å². The molecule has 3 heterocycles. The van der Waals surface area contributed by atoms with Crippen molar-refractivity contribution in [2.24, 2.45) is 11.8 Å². The molecule has 8 heteroatoms. The Morgan fingerprint density at radius 3 is 2.91 bits per heavy atom. The Labute approximate surface area is 204 Å². The zero-order chi connectivity index (χ0) is 24.6. The van der Waals surface area contributed by atoms with Crippen LogP contribution in [0.25, 0.3) is 10.9 Å². The van der Waals surface area contributed by atoms with Gasteiger partial charge in [-0.25, -0.2) is 4.39 Å². The Morgan fingerprint density at radius 1 is 1.26 bits per heavy atom. The third-order valence-electron chi connectivity index (χ3n) is 6.64.